The third-order valence-corrected chi connectivity index (χ3v) is 3.68. The summed E-state index contributed by atoms with van der Waals surface area (Å²) in [5.41, 5.74) is 4.17. The van der Waals surface area contributed by atoms with Crippen LogP contribution in [0.15, 0.2) is 41.0 Å². The average molecular weight is 256 g/mol. The van der Waals surface area contributed by atoms with E-state index in [4.69, 9.17) is 4.42 Å². The van der Waals surface area contributed by atoms with Crippen molar-refractivity contribution >= 4 is 0 Å². The van der Waals surface area contributed by atoms with Crippen molar-refractivity contribution in [1.29, 1.82) is 0 Å². The summed E-state index contributed by atoms with van der Waals surface area (Å²) in [5, 5.41) is 3.14. The minimum Gasteiger partial charge on any atom is -0.468 e. The molecule has 3 nitrogen and oxygen atoms in total. The second-order valence-electron chi connectivity index (χ2n) is 5.18. The molecule has 2 heterocycles. The second kappa shape index (κ2) is 5.59. The third kappa shape index (κ3) is 2.88. The smallest absolute Gasteiger partial charge is 0.118 e. The molecule has 0 fully saturated rings. The lowest BCUT2D eigenvalue weighted by atomic mass is 10.00. The van der Waals surface area contributed by atoms with Crippen molar-refractivity contribution in [3.63, 3.8) is 0 Å². The minimum atomic E-state index is 0.867. The molecule has 1 N–H and O–H groups in total. The van der Waals surface area contributed by atoms with Crippen molar-refractivity contribution in [2.45, 2.75) is 26.1 Å². The van der Waals surface area contributed by atoms with Gasteiger partial charge in [0.2, 0.25) is 0 Å². The molecule has 1 aliphatic rings. The first-order chi connectivity index (χ1) is 9.35. The van der Waals surface area contributed by atoms with Crippen LogP contribution in [0, 0.1) is 0 Å². The predicted molar refractivity (Wildman–Crippen MR) is 75.7 cm³/mol. The topological polar surface area (TPSA) is 28.4 Å². The van der Waals surface area contributed by atoms with Crippen LogP contribution < -0.4 is 5.32 Å². The number of rotatable bonds is 4. The number of fused-ring (bicyclic) bond motifs is 1. The standard InChI is InChI=1S/C16H20N2O/c1-17-9-13-8-16(19-12-13)11-18-7-6-14-4-2-3-5-15(14)10-18/h2-5,8,12,17H,6-7,9-11H2,1H3. The monoisotopic (exact) mass is 256 g/mol. The maximum absolute atomic E-state index is 5.63. The molecule has 0 saturated carbocycles. The molecule has 0 spiro atoms. The first kappa shape index (κ1) is 12.5. The van der Waals surface area contributed by atoms with Crippen molar-refractivity contribution < 1.29 is 4.42 Å². The summed E-state index contributed by atoms with van der Waals surface area (Å²) in [5.74, 6) is 1.06. The molecule has 0 atom stereocenters. The van der Waals surface area contributed by atoms with Gasteiger partial charge in [0.1, 0.15) is 5.76 Å². The summed E-state index contributed by atoms with van der Waals surface area (Å²) < 4.78 is 5.63. The van der Waals surface area contributed by atoms with Gasteiger partial charge < -0.3 is 9.73 Å². The number of nitrogens with zero attached hydrogens (tertiary/aromatic N) is 1. The summed E-state index contributed by atoms with van der Waals surface area (Å²) in [6.45, 7) is 3.90. The van der Waals surface area contributed by atoms with Gasteiger partial charge in [-0.3, -0.25) is 4.90 Å². The molecule has 3 rings (SSSR count). The molecule has 0 unspecified atom stereocenters. The molecule has 0 aliphatic carbocycles. The summed E-state index contributed by atoms with van der Waals surface area (Å²) in [6.07, 6.45) is 2.99. The van der Waals surface area contributed by atoms with Gasteiger partial charge in [-0.25, -0.2) is 0 Å². The van der Waals surface area contributed by atoms with Crippen LogP contribution in [-0.2, 0) is 26.1 Å². The van der Waals surface area contributed by atoms with Crippen molar-refractivity contribution in [2.75, 3.05) is 13.6 Å². The quantitative estimate of drug-likeness (QED) is 0.911. The fraction of sp³-hybridized carbons (Fsp3) is 0.375. The fourth-order valence-electron chi connectivity index (χ4n) is 2.72. The van der Waals surface area contributed by atoms with Gasteiger partial charge in [-0.05, 0) is 30.7 Å². The molecule has 1 aromatic heterocycles. The SMILES string of the molecule is CNCc1coc(CN2CCc3ccccc3C2)c1. The van der Waals surface area contributed by atoms with E-state index < -0.39 is 0 Å². The van der Waals surface area contributed by atoms with Crippen LogP contribution in [0.2, 0.25) is 0 Å². The van der Waals surface area contributed by atoms with Crippen LogP contribution in [0.25, 0.3) is 0 Å². The fourth-order valence-corrected chi connectivity index (χ4v) is 2.72. The number of hydrogen-bond acceptors (Lipinski definition) is 3. The molecule has 0 bridgehead atoms. The highest BCUT2D eigenvalue weighted by atomic mass is 16.3. The number of furan rings is 1. The van der Waals surface area contributed by atoms with Crippen LogP contribution in [0.4, 0.5) is 0 Å². The number of hydrogen-bond donors (Lipinski definition) is 1. The lowest BCUT2D eigenvalue weighted by molar-refractivity contribution is 0.226. The van der Waals surface area contributed by atoms with Crippen molar-refractivity contribution in [2.24, 2.45) is 0 Å². The molecule has 2 aromatic rings. The number of nitrogens with one attached hydrogen (secondary N) is 1. The van der Waals surface area contributed by atoms with E-state index in [1.165, 1.54) is 16.7 Å². The zero-order valence-corrected chi connectivity index (χ0v) is 11.4. The summed E-state index contributed by atoms with van der Waals surface area (Å²) in [6, 6.07) is 10.9. The third-order valence-electron chi connectivity index (χ3n) is 3.68. The zero-order chi connectivity index (χ0) is 13.1. The van der Waals surface area contributed by atoms with E-state index in [0.717, 1.165) is 38.4 Å². The molecular formula is C16H20N2O. The van der Waals surface area contributed by atoms with E-state index in [2.05, 4.69) is 40.5 Å². The van der Waals surface area contributed by atoms with Gasteiger partial charge in [0, 0.05) is 25.2 Å². The summed E-state index contributed by atoms with van der Waals surface area (Å²) in [4.78, 5) is 2.45. The molecule has 0 amide bonds. The van der Waals surface area contributed by atoms with E-state index in [-0.39, 0.29) is 0 Å². The molecule has 1 aliphatic heterocycles. The van der Waals surface area contributed by atoms with Gasteiger partial charge >= 0.3 is 0 Å². The van der Waals surface area contributed by atoms with Crippen molar-refractivity contribution in [1.82, 2.24) is 10.2 Å². The van der Waals surface area contributed by atoms with Gasteiger partial charge in [-0.2, -0.15) is 0 Å². The highest BCUT2D eigenvalue weighted by Crippen LogP contribution is 2.20. The Hall–Kier alpha value is -1.58. The molecule has 19 heavy (non-hydrogen) atoms. The first-order valence-corrected chi connectivity index (χ1v) is 6.85. The van der Waals surface area contributed by atoms with Crippen LogP contribution in [0.3, 0.4) is 0 Å². The molecule has 1 aromatic carbocycles. The van der Waals surface area contributed by atoms with Crippen LogP contribution >= 0.6 is 0 Å². The van der Waals surface area contributed by atoms with Gasteiger partial charge in [-0.1, -0.05) is 24.3 Å². The summed E-state index contributed by atoms with van der Waals surface area (Å²) in [7, 11) is 1.95. The Morgan fingerprint density at radius 3 is 2.95 bits per heavy atom. The zero-order valence-electron chi connectivity index (χ0n) is 11.4. The second-order valence-corrected chi connectivity index (χ2v) is 5.18. The van der Waals surface area contributed by atoms with Gasteiger partial charge in [0.15, 0.2) is 0 Å². The Morgan fingerprint density at radius 1 is 1.26 bits per heavy atom. The largest absolute Gasteiger partial charge is 0.468 e. The maximum atomic E-state index is 5.63. The van der Waals surface area contributed by atoms with Crippen LogP contribution in [0.5, 0.6) is 0 Å². The minimum absolute atomic E-state index is 0.867. The molecule has 0 saturated heterocycles. The Balaban J connectivity index is 1.65. The molecular weight excluding hydrogens is 236 g/mol. The van der Waals surface area contributed by atoms with Gasteiger partial charge in [-0.15, -0.1) is 0 Å². The Morgan fingerprint density at radius 2 is 2.11 bits per heavy atom. The number of benzene rings is 1. The van der Waals surface area contributed by atoms with Crippen molar-refractivity contribution in [3.05, 3.63) is 59.0 Å². The lowest BCUT2D eigenvalue weighted by Crippen LogP contribution is -2.29. The average Bonchev–Trinajstić information content (AvgIpc) is 2.86. The molecule has 3 heteroatoms. The Bertz CT molecular complexity index is 547. The highest BCUT2D eigenvalue weighted by molar-refractivity contribution is 5.29. The van der Waals surface area contributed by atoms with E-state index >= 15 is 0 Å². The lowest BCUT2D eigenvalue weighted by Gasteiger charge is -2.27. The van der Waals surface area contributed by atoms with Gasteiger partial charge in [0.25, 0.3) is 0 Å². The van der Waals surface area contributed by atoms with Crippen LogP contribution in [0.1, 0.15) is 22.5 Å². The maximum Gasteiger partial charge on any atom is 0.118 e. The first-order valence-electron chi connectivity index (χ1n) is 6.85. The molecule has 100 valence electrons. The summed E-state index contributed by atoms with van der Waals surface area (Å²) >= 11 is 0. The molecule has 0 radical (unpaired) electrons. The van der Waals surface area contributed by atoms with E-state index in [1.807, 2.05) is 13.3 Å². The van der Waals surface area contributed by atoms with E-state index in [0.29, 0.717) is 0 Å². The highest BCUT2D eigenvalue weighted by Gasteiger charge is 2.16. The van der Waals surface area contributed by atoms with E-state index in [9.17, 15) is 0 Å². The predicted octanol–water partition coefficient (Wildman–Crippen LogP) is 2.56. The van der Waals surface area contributed by atoms with Gasteiger partial charge in [0.05, 0.1) is 12.8 Å². The normalized spacial score (nSPS) is 15.4. The Labute approximate surface area is 114 Å². The van der Waals surface area contributed by atoms with Crippen LogP contribution in [-0.4, -0.2) is 18.5 Å². The van der Waals surface area contributed by atoms with E-state index in [1.54, 1.807) is 0 Å². The Kier molecular flexibility index (Phi) is 3.67. The van der Waals surface area contributed by atoms with Crippen molar-refractivity contribution in [3.8, 4) is 0 Å².